The van der Waals surface area contributed by atoms with Crippen molar-refractivity contribution in [3.63, 3.8) is 0 Å². The van der Waals surface area contributed by atoms with Gasteiger partial charge in [0, 0.05) is 57.4 Å². The van der Waals surface area contributed by atoms with Gasteiger partial charge in [0.2, 0.25) is 0 Å². The van der Waals surface area contributed by atoms with E-state index in [1.165, 1.54) is 12.1 Å². The standard InChI is InChI=1S/C23H26F2N4O/c24-19-7-6-18(22(25)10-19)12-29-15-20-13-28(14-21(16-29)30-20)9-3-8-27-23-5-2-1-4-17(23)11-26/h1-2,4-7,10,20-21,27H,3,8-9,12-16H2. The van der Waals surface area contributed by atoms with Crippen molar-refractivity contribution < 1.29 is 13.5 Å². The van der Waals surface area contributed by atoms with E-state index in [-0.39, 0.29) is 12.2 Å². The highest BCUT2D eigenvalue weighted by molar-refractivity contribution is 5.56. The summed E-state index contributed by atoms with van der Waals surface area (Å²) in [7, 11) is 0. The van der Waals surface area contributed by atoms with Gasteiger partial charge in [-0.3, -0.25) is 9.80 Å². The fourth-order valence-corrected chi connectivity index (χ4v) is 4.32. The zero-order chi connectivity index (χ0) is 20.9. The fourth-order valence-electron chi connectivity index (χ4n) is 4.32. The molecule has 4 rings (SSSR count). The summed E-state index contributed by atoms with van der Waals surface area (Å²) in [5.74, 6) is -1.03. The summed E-state index contributed by atoms with van der Waals surface area (Å²) < 4.78 is 33.2. The maximum absolute atomic E-state index is 14.0. The summed E-state index contributed by atoms with van der Waals surface area (Å²) in [5.41, 5.74) is 2.07. The summed E-state index contributed by atoms with van der Waals surface area (Å²) in [6, 6.07) is 13.5. The number of ether oxygens (including phenoxy) is 1. The Morgan fingerprint density at radius 3 is 2.50 bits per heavy atom. The second kappa shape index (κ2) is 9.52. The molecule has 0 aliphatic carbocycles. The SMILES string of the molecule is N#Cc1ccccc1NCCCN1CC2CN(Cc3ccc(F)cc3F)CC(C1)O2. The van der Waals surface area contributed by atoms with Crippen molar-refractivity contribution in [1.29, 1.82) is 5.26 Å². The van der Waals surface area contributed by atoms with Crippen molar-refractivity contribution in [3.8, 4) is 6.07 Å². The molecule has 30 heavy (non-hydrogen) atoms. The zero-order valence-corrected chi connectivity index (χ0v) is 16.9. The molecule has 2 unspecified atom stereocenters. The smallest absolute Gasteiger partial charge is 0.130 e. The second-order valence-corrected chi connectivity index (χ2v) is 8.01. The molecule has 2 aliphatic rings. The van der Waals surface area contributed by atoms with Crippen LogP contribution >= 0.6 is 0 Å². The third-order valence-corrected chi connectivity index (χ3v) is 5.66. The van der Waals surface area contributed by atoms with E-state index in [1.54, 1.807) is 0 Å². The lowest BCUT2D eigenvalue weighted by Crippen LogP contribution is -2.59. The molecule has 0 spiro atoms. The third kappa shape index (κ3) is 5.14. The fraction of sp³-hybridized carbons (Fsp3) is 0.435. The minimum absolute atomic E-state index is 0.105. The predicted octanol–water partition coefficient (Wildman–Crippen LogP) is 3.22. The number of nitriles is 1. The third-order valence-electron chi connectivity index (χ3n) is 5.66. The van der Waals surface area contributed by atoms with E-state index in [1.807, 2.05) is 24.3 Å². The normalized spacial score (nSPS) is 21.9. The first-order valence-corrected chi connectivity index (χ1v) is 10.4. The lowest BCUT2D eigenvalue weighted by molar-refractivity contribution is -0.140. The predicted molar refractivity (Wildman–Crippen MR) is 111 cm³/mol. The van der Waals surface area contributed by atoms with Crippen molar-refractivity contribution in [2.24, 2.45) is 0 Å². The number of nitrogens with one attached hydrogen (secondary N) is 1. The average molecular weight is 412 g/mol. The molecule has 1 N–H and O–H groups in total. The molecule has 0 amide bonds. The van der Waals surface area contributed by atoms with Crippen LogP contribution in [0.25, 0.3) is 0 Å². The Labute approximate surface area is 175 Å². The molecule has 2 aromatic rings. The van der Waals surface area contributed by atoms with Gasteiger partial charge in [-0.2, -0.15) is 5.26 Å². The van der Waals surface area contributed by atoms with Gasteiger partial charge in [0.05, 0.1) is 23.5 Å². The molecule has 2 saturated heterocycles. The largest absolute Gasteiger partial charge is 0.384 e. The van der Waals surface area contributed by atoms with E-state index >= 15 is 0 Å². The molecule has 2 heterocycles. The number of hydrogen-bond donors (Lipinski definition) is 1. The van der Waals surface area contributed by atoms with Gasteiger partial charge in [-0.25, -0.2) is 8.78 Å². The Balaban J connectivity index is 1.23. The molecule has 7 heteroatoms. The quantitative estimate of drug-likeness (QED) is 0.708. The van der Waals surface area contributed by atoms with E-state index in [9.17, 15) is 8.78 Å². The number of fused-ring (bicyclic) bond motifs is 2. The minimum atomic E-state index is -0.545. The Morgan fingerprint density at radius 1 is 1.03 bits per heavy atom. The first kappa shape index (κ1) is 20.7. The van der Waals surface area contributed by atoms with E-state index in [0.29, 0.717) is 17.7 Å². The van der Waals surface area contributed by atoms with Gasteiger partial charge in [-0.1, -0.05) is 18.2 Å². The van der Waals surface area contributed by atoms with Gasteiger partial charge < -0.3 is 10.1 Å². The molecule has 2 fully saturated rings. The van der Waals surface area contributed by atoms with Crippen LogP contribution < -0.4 is 5.32 Å². The van der Waals surface area contributed by atoms with E-state index < -0.39 is 11.6 Å². The second-order valence-electron chi connectivity index (χ2n) is 8.01. The van der Waals surface area contributed by atoms with Gasteiger partial charge in [0.1, 0.15) is 17.7 Å². The average Bonchev–Trinajstić information content (AvgIpc) is 2.73. The molecule has 2 bridgehead atoms. The number of nitrogens with zero attached hydrogens (tertiary/aromatic N) is 3. The minimum Gasteiger partial charge on any atom is -0.384 e. The molecule has 0 radical (unpaired) electrons. The number of hydrogen-bond acceptors (Lipinski definition) is 5. The topological polar surface area (TPSA) is 51.5 Å². The molecule has 0 aromatic heterocycles. The van der Waals surface area contributed by atoms with E-state index in [0.717, 1.165) is 57.4 Å². The van der Waals surface area contributed by atoms with Crippen molar-refractivity contribution in [3.05, 3.63) is 65.2 Å². The number of para-hydroxylation sites is 1. The Bertz CT molecular complexity index is 902. The molecular weight excluding hydrogens is 386 g/mol. The maximum Gasteiger partial charge on any atom is 0.130 e. The van der Waals surface area contributed by atoms with Crippen LogP contribution in [0.5, 0.6) is 0 Å². The highest BCUT2D eigenvalue weighted by Crippen LogP contribution is 2.22. The summed E-state index contributed by atoms with van der Waals surface area (Å²) >= 11 is 0. The zero-order valence-electron chi connectivity index (χ0n) is 16.9. The highest BCUT2D eigenvalue weighted by atomic mass is 19.1. The maximum atomic E-state index is 14.0. The lowest BCUT2D eigenvalue weighted by Gasteiger charge is -2.46. The van der Waals surface area contributed by atoms with Gasteiger partial charge in [-0.15, -0.1) is 0 Å². The Morgan fingerprint density at radius 2 is 1.77 bits per heavy atom. The number of anilines is 1. The number of benzene rings is 2. The van der Waals surface area contributed by atoms with E-state index in [2.05, 4.69) is 21.2 Å². The van der Waals surface area contributed by atoms with Crippen LogP contribution in [0, 0.1) is 23.0 Å². The summed E-state index contributed by atoms with van der Waals surface area (Å²) in [6.07, 6.45) is 1.19. The van der Waals surface area contributed by atoms with Crippen LogP contribution in [-0.4, -0.2) is 61.3 Å². The van der Waals surface area contributed by atoms with Crippen molar-refractivity contribution in [2.45, 2.75) is 25.2 Å². The molecule has 158 valence electrons. The Kier molecular flexibility index (Phi) is 6.58. The van der Waals surface area contributed by atoms with Crippen molar-refractivity contribution >= 4 is 5.69 Å². The van der Waals surface area contributed by atoms with Gasteiger partial charge in [0.25, 0.3) is 0 Å². The van der Waals surface area contributed by atoms with Crippen LogP contribution in [0.1, 0.15) is 17.5 Å². The molecule has 0 saturated carbocycles. The van der Waals surface area contributed by atoms with Crippen LogP contribution in [0.2, 0.25) is 0 Å². The molecule has 5 nitrogen and oxygen atoms in total. The number of morpholine rings is 2. The van der Waals surface area contributed by atoms with Crippen LogP contribution in [0.4, 0.5) is 14.5 Å². The molecule has 2 atom stereocenters. The molecule has 2 aromatic carbocycles. The van der Waals surface area contributed by atoms with Gasteiger partial charge in [0.15, 0.2) is 0 Å². The molecular formula is C23H26F2N4O. The summed E-state index contributed by atoms with van der Waals surface area (Å²) in [6.45, 7) is 5.45. The number of rotatable bonds is 7. The Hall–Kier alpha value is -2.53. The lowest BCUT2D eigenvalue weighted by atomic mass is 10.1. The van der Waals surface area contributed by atoms with Crippen molar-refractivity contribution in [1.82, 2.24) is 9.80 Å². The van der Waals surface area contributed by atoms with Crippen LogP contribution in [0.3, 0.4) is 0 Å². The van der Waals surface area contributed by atoms with E-state index in [4.69, 9.17) is 10.00 Å². The number of halogens is 2. The summed E-state index contributed by atoms with van der Waals surface area (Å²) in [4.78, 5) is 4.62. The first-order chi connectivity index (χ1) is 14.6. The van der Waals surface area contributed by atoms with Crippen LogP contribution in [0.15, 0.2) is 42.5 Å². The van der Waals surface area contributed by atoms with Gasteiger partial charge in [-0.05, 0) is 24.6 Å². The van der Waals surface area contributed by atoms with Gasteiger partial charge >= 0.3 is 0 Å². The van der Waals surface area contributed by atoms with Crippen molar-refractivity contribution in [2.75, 3.05) is 44.6 Å². The van der Waals surface area contributed by atoms with Crippen LogP contribution in [-0.2, 0) is 11.3 Å². The highest BCUT2D eigenvalue weighted by Gasteiger charge is 2.34. The molecule has 2 aliphatic heterocycles. The summed E-state index contributed by atoms with van der Waals surface area (Å²) in [5, 5.41) is 12.5. The monoisotopic (exact) mass is 412 g/mol. The first-order valence-electron chi connectivity index (χ1n) is 10.4.